The molecule has 0 spiro atoms. The standard InChI is InChI=1S/C18H22N4O5S/c1-9-5-6-12-13(7-9)28-17(15(12)18(24)27-4)19-14(23)8-21-11(3)16(22(25)26)10(2)20-21/h9H,5-8H2,1-4H3,(H,19,23). The molecule has 0 radical (unpaired) electrons. The van der Waals surface area contributed by atoms with E-state index in [9.17, 15) is 19.7 Å². The number of carbonyl (C=O) groups is 2. The minimum Gasteiger partial charge on any atom is -0.465 e. The maximum Gasteiger partial charge on any atom is 0.341 e. The number of aromatic nitrogens is 2. The van der Waals surface area contributed by atoms with Gasteiger partial charge < -0.3 is 10.1 Å². The Balaban J connectivity index is 1.86. The van der Waals surface area contributed by atoms with Gasteiger partial charge in [0.1, 0.15) is 22.9 Å². The molecule has 10 heteroatoms. The third-order valence-electron chi connectivity index (χ3n) is 4.97. The van der Waals surface area contributed by atoms with Crippen LogP contribution in [0.15, 0.2) is 0 Å². The van der Waals surface area contributed by atoms with Crippen LogP contribution in [0.3, 0.4) is 0 Å². The highest BCUT2D eigenvalue weighted by atomic mass is 32.1. The Labute approximate surface area is 165 Å². The number of aryl methyl sites for hydroxylation is 1. The van der Waals surface area contributed by atoms with Gasteiger partial charge in [0.25, 0.3) is 0 Å². The number of anilines is 1. The molecule has 0 bridgehead atoms. The van der Waals surface area contributed by atoms with Gasteiger partial charge in [-0.25, -0.2) is 4.79 Å². The molecule has 1 atom stereocenters. The Morgan fingerprint density at radius 1 is 1.43 bits per heavy atom. The van der Waals surface area contributed by atoms with Gasteiger partial charge in [-0.3, -0.25) is 19.6 Å². The van der Waals surface area contributed by atoms with Gasteiger partial charge in [0.05, 0.1) is 17.6 Å². The average molecular weight is 406 g/mol. The second kappa shape index (κ2) is 7.70. The number of methoxy groups -OCH3 is 1. The van der Waals surface area contributed by atoms with Crippen molar-refractivity contribution in [2.75, 3.05) is 12.4 Å². The topological polar surface area (TPSA) is 116 Å². The highest BCUT2D eigenvalue weighted by molar-refractivity contribution is 7.17. The summed E-state index contributed by atoms with van der Waals surface area (Å²) in [6.45, 7) is 5.06. The van der Waals surface area contributed by atoms with E-state index in [1.165, 1.54) is 30.1 Å². The molecule has 2 heterocycles. The lowest BCUT2D eigenvalue weighted by molar-refractivity contribution is -0.386. The van der Waals surface area contributed by atoms with Gasteiger partial charge in [-0.2, -0.15) is 5.10 Å². The zero-order valence-electron chi connectivity index (χ0n) is 16.2. The fourth-order valence-electron chi connectivity index (χ4n) is 3.56. The fourth-order valence-corrected chi connectivity index (χ4v) is 4.98. The van der Waals surface area contributed by atoms with E-state index in [0.717, 1.165) is 29.7 Å². The minimum absolute atomic E-state index is 0.0939. The summed E-state index contributed by atoms with van der Waals surface area (Å²) in [6, 6.07) is 0. The quantitative estimate of drug-likeness (QED) is 0.463. The highest BCUT2D eigenvalue weighted by Gasteiger charge is 2.29. The maximum atomic E-state index is 12.6. The molecule has 1 unspecified atom stereocenters. The molecule has 1 N–H and O–H groups in total. The van der Waals surface area contributed by atoms with Crippen molar-refractivity contribution in [1.29, 1.82) is 0 Å². The van der Waals surface area contributed by atoms with Crippen LogP contribution in [0.5, 0.6) is 0 Å². The Hall–Kier alpha value is -2.75. The van der Waals surface area contributed by atoms with E-state index >= 15 is 0 Å². The second-order valence-corrected chi connectivity index (χ2v) is 8.14. The number of hydrogen-bond donors (Lipinski definition) is 1. The fraction of sp³-hybridized carbons (Fsp3) is 0.500. The van der Waals surface area contributed by atoms with E-state index in [-0.39, 0.29) is 17.9 Å². The van der Waals surface area contributed by atoms with Gasteiger partial charge >= 0.3 is 11.7 Å². The number of nitro groups is 1. The minimum atomic E-state index is -0.504. The average Bonchev–Trinajstić information content (AvgIpc) is 3.10. The number of amides is 1. The summed E-state index contributed by atoms with van der Waals surface area (Å²) in [6.07, 6.45) is 2.62. The van der Waals surface area contributed by atoms with Gasteiger partial charge in [0.15, 0.2) is 0 Å². The smallest absolute Gasteiger partial charge is 0.341 e. The van der Waals surface area contributed by atoms with Gasteiger partial charge in [-0.05, 0) is 44.6 Å². The number of nitrogens with zero attached hydrogens (tertiary/aromatic N) is 3. The van der Waals surface area contributed by atoms with E-state index in [4.69, 9.17) is 4.74 Å². The molecule has 0 aromatic carbocycles. The monoisotopic (exact) mass is 406 g/mol. The van der Waals surface area contributed by atoms with Crippen LogP contribution in [0, 0.1) is 29.9 Å². The summed E-state index contributed by atoms with van der Waals surface area (Å²) in [5, 5.41) is 18.5. The van der Waals surface area contributed by atoms with Gasteiger partial charge in [0, 0.05) is 4.88 Å². The zero-order chi connectivity index (χ0) is 20.6. The lowest BCUT2D eigenvalue weighted by Crippen LogP contribution is -2.21. The van der Waals surface area contributed by atoms with Gasteiger partial charge in [0.2, 0.25) is 5.91 Å². The molecule has 0 fully saturated rings. The normalized spacial score (nSPS) is 15.8. The summed E-state index contributed by atoms with van der Waals surface area (Å²) in [7, 11) is 1.32. The number of carbonyl (C=O) groups excluding carboxylic acids is 2. The maximum absolute atomic E-state index is 12.6. The molecule has 0 saturated carbocycles. The first-order valence-electron chi connectivity index (χ1n) is 8.94. The van der Waals surface area contributed by atoms with Crippen LogP contribution >= 0.6 is 11.3 Å². The number of thiophene rings is 1. The number of hydrogen-bond acceptors (Lipinski definition) is 7. The molecule has 0 aliphatic heterocycles. The Kier molecular flexibility index (Phi) is 5.50. The Morgan fingerprint density at radius 2 is 2.14 bits per heavy atom. The van der Waals surface area contributed by atoms with E-state index in [1.807, 2.05) is 0 Å². The van der Waals surface area contributed by atoms with Crippen molar-refractivity contribution in [2.24, 2.45) is 5.92 Å². The third-order valence-corrected chi connectivity index (χ3v) is 6.14. The molecule has 1 aliphatic carbocycles. The van der Waals surface area contributed by atoms with Crippen LogP contribution in [0.1, 0.15) is 45.5 Å². The highest BCUT2D eigenvalue weighted by Crippen LogP contribution is 2.40. The van der Waals surface area contributed by atoms with E-state index in [0.29, 0.717) is 22.2 Å². The lowest BCUT2D eigenvalue weighted by atomic mass is 9.88. The van der Waals surface area contributed by atoms with Crippen LogP contribution in [-0.2, 0) is 28.9 Å². The first-order valence-corrected chi connectivity index (χ1v) is 9.75. The summed E-state index contributed by atoms with van der Waals surface area (Å²) < 4.78 is 6.22. The Bertz CT molecular complexity index is 962. The molecule has 1 amide bonds. The SMILES string of the molecule is COC(=O)c1c(NC(=O)Cn2nc(C)c([N+](=O)[O-])c2C)sc2c1CCC(C)C2. The first kappa shape index (κ1) is 20.0. The first-order chi connectivity index (χ1) is 13.2. The largest absolute Gasteiger partial charge is 0.465 e. The molecule has 9 nitrogen and oxygen atoms in total. The van der Waals surface area contributed by atoms with Crippen molar-refractivity contribution in [3.05, 3.63) is 37.5 Å². The predicted octanol–water partition coefficient (Wildman–Crippen LogP) is 3.02. The van der Waals surface area contributed by atoms with Crippen molar-refractivity contribution in [1.82, 2.24) is 9.78 Å². The summed E-state index contributed by atoms with van der Waals surface area (Å²) in [5.41, 5.74) is 1.84. The van der Waals surface area contributed by atoms with Gasteiger partial charge in [-0.15, -0.1) is 11.3 Å². The zero-order valence-corrected chi connectivity index (χ0v) is 17.0. The molecule has 3 rings (SSSR count). The molecule has 28 heavy (non-hydrogen) atoms. The third kappa shape index (κ3) is 3.64. The number of esters is 1. The molecule has 1 aliphatic rings. The number of ether oxygens (including phenoxy) is 1. The lowest BCUT2D eigenvalue weighted by Gasteiger charge is -2.18. The molecule has 0 saturated heterocycles. The molecule has 2 aromatic rings. The predicted molar refractivity (Wildman–Crippen MR) is 104 cm³/mol. The number of fused-ring (bicyclic) bond motifs is 1. The van der Waals surface area contributed by atoms with E-state index in [2.05, 4.69) is 17.3 Å². The molecule has 2 aromatic heterocycles. The van der Waals surface area contributed by atoms with Crippen molar-refractivity contribution >= 4 is 33.9 Å². The number of rotatable bonds is 5. The van der Waals surface area contributed by atoms with Gasteiger partial charge in [-0.1, -0.05) is 6.92 Å². The molecular weight excluding hydrogens is 384 g/mol. The van der Waals surface area contributed by atoms with Crippen molar-refractivity contribution < 1.29 is 19.2 Å². The second-order valence-electron chi connectivity index (χ2n) is 7.03. The summed E-state index contributed by atoms with van der Waals surface area (Å²) in [5.74, 6) is -0.350. The summed E-state index contributed by atoms with van der Waals surface area (Å²) in [4.78, 5) is 36.6. The van der Waals surface area contributed by atoms with Crippen LogP contribution in [0.4, 0.5) is 10.7 Å². The van der Waals surface area contributed by atoms with Crippen LogP contribution in [0.25, 0.3) is 0 Å². The summed E-state index contributed by atoms with van der Waals surface area (Å²) >= 11 is 1.40. The Morgan fingerprint density at radius 3 is 2.75 bits per heavy atom. The van der Waals surface area contributed by atoms with E-state index in [1.54, 1.807) is 6.92 Å². The number of nitrogens with one attached hydrogen (secondary N) is 1. The van der Waals surface area contributed by atoms with Crippen molar-refractivity contribution in [3.63, 3.8) is 0 Å². The van der Waals surface area contributed by atoms with E-state index < -0.39 is 16.8 Å². The molecular formula is C18H22N4O5S. The van der Waals surface area contributed by atoms with Crippen LogP contribution < -0.4 is 5.32 Å². The van der Waals surface area contributed by atoms with Crippen molar-refractivity contribution in [3.8, 4) is 0 Å². The van der Waals surface area contributed by atoms with Crippen LogP contribution in [-0.4, -0.2) is 33.7 Å². The molecule has 150 valence electrons. The van der Waals surface area contributed by atoms with Crippen LogP contribution in [0.2, 0.25) is 0 Å². The van der Waals surface area contributed by atoms with Crippen molar-refractivity contribution in [2.45, 2.75) is 46.6 Å².